The third-order valence-electron chi connectivity index (χ3n) is 1.63. The maximum Gasteiger partial charge on any atom is 0.267 e. The Bertz CT molecular complexity index is 262. The molecule has 0 fully saturated rings. The number of nitrogens with one attached hydrogen (secondary N) is 1. The van der Waals surface area contributed by atoms with Crippen molar-refractivity contribution in [3.8, 4) is 0 Å². The molecule has 0 aliphatic heterocycles. The number of hydrogen-bond acceptors (Lipinski definition) is 3. The minimum absolute atomic E-state index is 0.124. The van der Waals surface area contributed by atoms with Gasteiger partial charge in [0.2, 0.25) is 0 Å². The van der Waals surface area contributed by atoms with Crippen LogP contribution in [0.25, 0.3) is 0 Å². The van der Waals surface area contributed by atoms with Crippen molar-refractivity contribution in [2.75, 3.05) is 26.5 Å². The monoisotopic (exact) mass is 279 g/mol. The summed E-state index contributed by atoms with van der Waals surface area (Å²) in [5.74, 6) is -1.25. The lowest BCUT2D eigenvalue weighted by Gasteiger charge is -2.11. The van der Waals surface area contributed by atoms with Crippen LogP contribution in [0.5, 0.6) is 0 Å². The van der Waals surface area contributed by atoms with E-state index in [1.165, 1.54) is 0 Å². The fourth-order valence-electron chi connectivity index (χ4n) is 0.920. The topological polar surface area (TPSA) is 66.4 Å². The number of hydrogen-bond donors (Lipinski definition) is 2. The molecule has 2 N–H and O–H groups in total. The molecule has 0 spiro atoms. The van der Waals surface area contributed by atoms with Crippen LogP contribution in [0.1, 0.15) is 19.3 Å². The van der Waals surface area contributed by atoms with Gasteiger partial charge in [-0.25, -0.2) is 8.78 Å². The van der Waals surface area contributed by atoms with Crippen molar-refractivity contribution in [2.24, 2.45) is 0 Å². The molecule has 106 valence electrons. The Morgan fingerprint density at radius 2 is 1.65 bits per heavy atom. The summed E-state index contributed by atoms with van der Waals surface area (Å²) in [7, 11) is -0.738. The summed E-state index contributed by atoms with van der Waals surface area (Å²) in [5.41, 5.74) is 0. The largest absolute Gasteiger partial charge is 0.323 e. The average molecular weight is 279 g/mol. The van der Waals surface area contributed by atoms with Crippen molar-refractivity contribution in [3.63, 3.8) is 0 Å². The van der Waals surface area contributed by atoms with E-state index in [0.717, 1.165) is 0 Å². The minimum atomic E-state index is -4.49. The highest BCUT2D eigenvalue weighted by molar-refractivity contribution is 7.85. The Labute approximate surface area is 100 Å². The molecule has 8 heteroatoms. The second-order valence-electron chi connectivity index (χ2n) is 3.47. The molecule has 0 aromatic carbocycles. The fraction of sp³-hybridized carbons (Fsp3) is 1.00. The fourth-order valence-corrected chi connectivity index (χ4v) is 1.53. The van der Waals surface area contributed by atoms with Crippen molar-refractivity contribution in [3.05, 3.63) is 0 Å². The van der Waals surface area contributed by atoms with Gasteiger partial charge in [0.1, 0.15) is 18.1 Å². The Hall–Kier alpha value is -0.340. The van der Waals surface area contributed by atoms with Crippen molar-refractivity contribution < 1.29 is 26.1 Å². The molecule has 0 rings (SSSR count). The first-order chi connectivity index (χ1) is 7.78. The molecule has 2 atom stereocenters. The van der Waals surface area contributed by atoms with Crippen LogP contribution < -0.4 is 5.32 Å². The van der Waals surface area contributed by atoms with E-state index in [9.17, 15) is 21.6 Å². The maximum atomic E-state index is 12.8. The van der Waals surface area contributed by atoms with Gasteiger partial charge in [-0.15, -0.1) is 0 Å². The van der Waals surface area contributed by atoms with E-state index in [-0.39, 0.29) is 19.3 Å². The first-order valence-electron chi connectivity index (χ1n) is 5.16. The molecule has 0 saturated heterocycles. The second kappa shape index (κ2) is 10.8. The molecular weight excluding hydrogens is 259 g/mol. The van der Waals surface area contributed by atoms with Gasteiger partial charge in [0.25, 0.3) is 10.1 Å². The molecule has 0 aliphatic rings. The van der Waals surface area contributed by atoms with E-state index in [1.807, 2.05) is 14.1 Å². The number of halogens is 3. The van der Waals surface area contributed by atoms with Crippen LogP contribution in [0.4, 0.5) is 13.2 Å². The third kappa shape index (κ3) is 15.7. The lowest BCUT2D eigenvalue weighted by atomic mass is 10.1. The summed E-state index contributed by atoms with van der Waals surface area (Å²) in [5, 5.41) is 2.75. The van der Waals surface area contributed by atoms with Gasteiger partial charge in [-0.3, -0.25) is 8.94 Å². The van der Waals surface area contributed by atoms with E-state index < -0.39 is 34.9 Å². The Morgan fingerprint density at radius 3 is 2.00 bits per heavy atom. The molecule has 4 nitrogen and oxygen atoms in total. The van der Waals surface area contributed by atoms with Crippen LogP contribution >= 0.6 is 0 Å². The van der Waals surface area contributed by atoms with Gasteiger partial charge in [0, 0.05) is 0 Å². The van der Waals surface area contributed by atoms with Gasteiger partial charge in [-0.1, -0.05) is 0 Å². The van der Waals surface area contributed by atoms with Gasteiger partial charge in [0.15, 0.2) is 0 Å². The summed E-state index contributed by atoms with van der Waals surface area (Å²) >= 11 is 0. The van der Waals surface area contributed by atoms with Crippen LogP contribution in [-0.4, -0.2) is 51.8 Å². The SMILES string of the molecule is CNC.O=S(=O)(O)CC(F)C(F)CCCCF. The van der Waals surface area contributed by atoms with Crippen molar-refractivity contribution in [1.29, 1.82) is 0 Å². The zero-order valence-electron chi connectivity index (χ0n) is 10.00. The molecule has 2 unspecified atom stereocenters. The van der Waals surface area contributed by atoms with Gasteiger partial charge >= 0.3 is 0 Å². The molecule has 17 heavy (non-hydrogen) atoms. The van der Waals surface area contributed by atoms with E-state index in [0.29, 0.717) is 0 Å². The van der Waals surface area contributed by atoms with Crippen LogP contribution in [0.3, 0.4) is 0 Å². The van der Waals surface area contributed by atoms with E-state index in [4.69, 9.17) is 4.55 Å². The van der Waals surface area contributed by atoms with Crippen LogP contribution in [-0.2, 0) is 10.1 Å². The Morgan fingerprint density at radius 1 is 1.18 bits per heavy atom. The maximum absolute atomic E-state index is 12.8. The standard InChI is InChI=1S/C7H13F3O3S.C2H7N/c8-4-2-1-3-6(9)7(10)5-14(11,12)13;1-3-2/h6-7H,1-5H2,(H,11,12,13);3H,1-2H3. The van der Waals surface area contributed by atoms with E-state index >= 15 is 0 Å². The number of unbranched alkanes of at least 4 members (excludes halogenated alkanes) is 1. The second-order valence-corrected chi connectivity index (χ2v) is 4.96. The molecule has 0 radical (unpaired) electrons. The van der Waals surface area contributed by atoms with E-state index in [1.54, 1.807) is 0 Å². The zero-order valence-corrected chi connectivity index (χ0v) is 10.8. The van der Waals surface area contributed by atoms with Crippen LogP contribution in [0.2, 0.25) is 0 Å². The lowest BCUT2D eigenvalue weighted by molar-refractivity contribution is 0.168. The first-order valence-corrected chi connectivity index (χ1v) is 6.77. The zero-order chi connectivity index (χ0) is 13.9. The Balaban J connectivity index is 0. The van der Waals surface area contributed by atoms with Gasteiger partial charge in [-0.05, 0) is 33.4 Å². The third-order valence-corrected chi connectivity index (χ3v) is 2.37. The summed E-state index contributed by atoms with van der Waals surface area (Å²) in [6, 6.07) is 0. The predicted octanol–water partition coefficient (Wildman–Crippen LogP) is 1.53. The summed E-state index contributed by atoms with van der Waals surface area (Å²) in [6.07, 6.45) is -4.17. The molecular formula is C9H20F3NO3S. The Kier molecular flexibility index (Phi) is 12.1. The highest BCUT2D eigenvalue weighted by atomic mass is 32.2. The van der Waals surface area contributed by atoms with Crippen molar-refractivity contribution in [1.82, 2.24) is 5.32 Å². The van der Waals surface area contributed by atoms with Crippen LogP contribution in [0, 0.1) is 0 Å². The molecule has 0 bridgehead atoms. The van der Waals surface area contributed by atoms with Crippen molar-refractivity contribution in [2.45, 2.75) is 31.6 Å². The quantitative estimate of drug-likeness (QED) is 0.548. The molecule has 0 aromatic heterocycles. The van der Waals surface area contributed by atoms with E-state index in [2.05, 4.69) is 5.32 Å². The summed E-state index contributed by atoms with van der Waals surface area (Å²) < 4.78 is 65.6. The molecule has 0 amide bonds. The average Bonchev–Trinajstić information content (AvgIpc) is 2.16. The highest BCUT2D eigenvalue weighted by Crippen LogP contribution is 2.13. The normalized spacial score (nSPS) is 14.7. The smallest absolute Gasteiger partial charge is 0.267 e. The van der Waals surface area contributed by atoms with Gasteiger partial charge in [0.05, 0.1) is 6.67 Å². The number of rotatable bonds is 7. The molecule has 0 saturated carbocycles. The number of alkyl halides is 3. The molecule has 0 aliphatic carbocycles. The predicted molar refractivity (Wildman–Crippen MR) is 61.0 cm³/mol. The first kappa shape index (κ1) is 19.0. The molecule has 0 heterocycles. The summed E-state index contributed by atoms with van der Waals surface area (Å²) in [6.45, 7) is -0.609. The van der Waals surface area contributed by atoms with Gasteiger partial charge < -0.3 is 5.32 Å². The lowest BCUT2D eigenvalue weighted by Crippen LogP contribution is -2.26. The highest BCUT2D eigenvalue weighted by Gasteiger charge is 2.25. The van der Waals surface area contributed by atoms with Crippen molar-refractivity contribution >= 4 is 10.1 Å². The van der Waals surface area contributed by atoms with Crippen LogP contribution in [0.15, 0.2) is 0 Å². The minimum Gasteiger partial charge on any atom is -0.323 e. The summed E-state index contributed by atoms with van der Waals surface area (Å²) in [4.78, 5) is 0. The van der Waals surface area contributed by atoms with Gasteiger partial charge in [-0.2, -0.15) is 8.42 Å². The molecule has 0 aromatic rings.